The van der Waals surface area contributed by atoms with Gasteiger partial charge in [0, 0.05) is 21.8 Å². The van der Waals surface area contributed by atoms with Crippen LogP contribution in [0.4, 0.5) is 11.4 Å². The maximum absolute atomic E-state index is 13.4. The van der Waals surface area contributed by atoms with Crippen LogP contribution in [0.15, 0.2) is 41.3 Å². The number of hydrogen-bond donors (Lipinski definition) is 1. The van der Waals surface area contributed by atoms with E-state index in [0.29, 0.717) is 0 Å². The average molecular weight is 453 g/mol. The van der Waals surface area contributed by atoms with E-state index in [2.05, 4.69) is 77.4 Å². The highest BCUT2D eigenvalue weighted by atomic mass is 32.2. The standard InChI is InChI=1S/C27H36N2O2S/c1-17(2)21-9-8-10-22(18(3)4)26(21)28-24(30)16-25(31)29-23-12-11-20(32-7)15-19(23)13-14-27(29,5)6/h8-12,15,17-18H,13-14,16H2,1-7H3,(H,28,30). The number of rotatable bonds is 6. The van der Waals surface area contributed by atoms with E-state index < -0.39 is 0 Å². The number of amides is 2. The number of hydrogen-bond acceptors (Lipinski definition) is 3. The second-order valence-electron chi connectivity index (χ2n) is 9.88. The van der Waals surface area contributed by atoms with Crippen molar-refractivity contribution in [2.75, 3.05) is 16.5 Å². The van der Waals surface area contributed by atoms with Crippen LogP contribution >= 0.6 is 11.8 Å². The summed E-state index contributed by atoms with van der Waals surface area (Å²) in [7, 11) is 0. The number of benzene rings is 2. The van der Waals surface area contributed by atoms with Crippen LogP contribution in [-0.2, 0) is 16.0 Å². The molecule has 2 amide bonds. The molecule has 32 heavy (non-hydrogen) atoms. The lowest BCUT2D eigenvalue weighted by atomic mass is 9.86. The summed E-state index contributed by atoms with van der Waals surface area (Å²) in [6.45, 7) is 12.7. The van der Waals surface area contributed by atoms with E-state index >= 15 is 0 Å². The second kappa shape index (κ2) is 9.70. The number of nitrogens with zero attached hydrogens (tertiary/aromatic N) is 1. The Kier molecular flexibility index (Phi) is 7.39. The third-order valence-electron chi connectivity index (χ3n) is 6.34. The van der Waals surface area contributed by atoms with E-state index in [4.69, 9.17) is 0 Å². The number of nitrogens with one attached hydrogen (secondary N) is 1. The van der Waals surface area contributed by atoms with E-state index in [1.165, 1.54) is 10.5 Å². The molecule has 0 fully saturated rings. The van der Waals surface area contributed by atoms with Gasteiger partial charge in [0.15, 0.2) is 0 Å². The van der Waals surface area contributed by atoms with Gasteiger partial charge in [-0.25, -0.2) is 0 Å². The number of fused-ring (bicyclic) bond motifs is 1. The van der Waals surface area contributed by atoms with Crippen molar-refractivity contribution < 1.29 is 9.59 Å². The van der Waals surface area contributed by atoms with Gasteiger partial charge in [-0.1, -0.05) is 45.9 Å². The van der Waals surface area contributed by atoms with Gasteiger partial charge in [0.2, 0.25) is 11.8 Å². The van der Waals surface area contributed by atoms with Crippen molar-refractivity contribution in [3.8, 4) is 0 Å². The maximum atomic E-state index is 13.4. The fourth-order valence-corrected chi connectivity index (χ4v) is 5.02. The van der Waals surface area contributed by atoms with Crippen LogP contribution in [0.5, 0.6) is 0 Å². The van der Waals surface area contributed by atoms with Gasteiger partial charge < -0.3 is 10.2 Å². The predicted molar refractivity (Wildman–Crippen MR) is 136 cm³/mol. The Hall–Kier alpha value is -2.27. The van der Waals surface area contributed by atoms with E-state index in [1.54, 1.807) is 11.8 Å². The number of para-hydroxylation sites is 1. The first-order valence-electron chi connectivity index (χ1n) is 11.5. The molecule has 0 spiro atoms. The zero-order chi connectivity index (χ0) is 23.6. The highest BCUT2D eigenvalue weighted by Gasteiger charge is 2.37. The van der Waals surface area contributed by atoms with Crippen molar-refractivity contribution >= 4 is 35.0 Å². The zero-order valence-electron chi connectivity index (χ0n) is 20.4. The Morgan fingerprint density at radius 1 is 1.06 bits per heavy atom. The Bertz CT molecular complexity index is 984. The summed E-state index contributed by atoms with van der Waals surface area (Å²) in [5, 5.41) is 3.09. The third kappa shape index (κ3) is 5.03. The molecule has 4 nitrogen and oxygen atoms in total. The Balaban J connectivity index is 1.86. The minimum atomic E-state index is -0.329. The van der Waals surface area contributed by atoms with Crippen molar-refractivity contribution in [2.45, 2.75) is 83.1 Å². The lowest BCUT2D eigenvalue weighted by Gasteiger charge is -2.43. The summed E-state index contributed by atoms with van der Waals surface area (Å²) in [6, 6.07) is 12.4. The number of carbonyl (C=O) groups excluding carboxylic acids is 2. The number of anilines is 2. The zero-order valence-corrected chi connectivity index (χ0v) is 21.2. The molecule has 0 bridgehead atoms. The normalized spacial score (nSPS) is 15.1. The van der Waals surface area contributed by atoms with E-state index in [9.17, 15) is 9.59 Å². The molecule has 3 rings (SSSR count). The molecule has 1 heterocycles. The van der Waals surface area contributed by atoms with Gasteiger partial charge in [-0.2, -0.15) is 0 Å². The molecular formula is C27H36N2O2S. The molecule has 0 unspecified atom stereocenters. The van der Waals surface area contributed by atoms with Gasteiger partial charge in [-0.3, -0.25) is 9.59 Å². The van der Waals surface area contributed by atoms with Crippen LogP contribution in [0.1, 0.15) is 82.9 Å². The molecule has 0 saturated carbocycles. The first-order valence-corrected chi connectivity index (χ1v) is 12.7. The second-order valence-corrected chi connectivity index (χ2v) is 10.8. The highest BCUT2D eigenvalue weighted by Crippen LogP contribution is 2.39. The first-order chi connectivity index (χ1) is 15.0. The van der Waals surface area contributed by atoms with Gasteiger partial charge in [0.1, 0.15) is 6.42 Å². The van der Waals surface area contributed by atoms with Crippen LogP contribution in [0.2, 0.25) is 0 Å². The molecule has 0 radical (unpaired) electrons. The maximum Gasteiger partial charge on any atom is 0.236 e. The van der Waals surface area contributed by atoms with Crippen molar-refractivity contribution in [1.29, 1.82) is 0 Å². The molecule has 0 atom stereocenters. The number of carbonyl (C=O) groups is 2. The van der Waals surface area contributed by atoms with E-state index in [1.807, 2.05) is 17.0 Å². The van der Waals surface area contributed by atoms with Gasteiger partial charge in [-0.15, -0.1) is 11.8 Å². The fraction of sp³-hybridized carbons (Fsp3) is 0.481. The lowest BCUT2D eigenvalue weighted by Crippen LogP contribution is -2.51. The summed E-state index contributed by atoms with van der Waals surface area (Å²) in [5.74, 6) is 0.142. The summed E-state index contributed by atoms with van der Waals surface area (Å²) in [4.78, 5) is 29.5. The van der Waals surface area contributed by atoms with Gasteiger partial charge in [0.25, 0.3) is 0 Å². The average Bonchev–Trinajstić information content (AvgIpc) is 2.72. The molecule has 0 saturated heterocycles. The molecule has 1 aliphatic heterocycles. The van der Waals surface area contributed by atoms with Crippen LogP contribution < -0.4 is 10.2 Å². The SMILES string of the molecule is CSc1ccc2c(c1)CCC(C)(C)N2C(=O)CC(=O)Nc1c(C(C)C)cccc1C(C)C. The van der Waals surface area contributed by atoms with E-state index in [0.717, 1.165) is 35.3 Å². The van der Waals surface area contributed by atoms with Gasteiger partial charge in [-0.05, 0) is 79.7 Å². The molecule has 0 aromatic heterocycles. The molecule has 1 aliphatic rings. The van der Waals surface area contributed by atoms with Crippen LogP contribution in [-0.4, -0.2) is 23.6 Å². The predicted octanol–water partition coefficient (Wildman–Crippen LogP) is 6.74. The molecule has 0 aliphatic carbocycles. The smallest absolute Gasteiger partial charge is 0.236 e. The first kappa shape index (κ1) is 24.4. The monoisotopic (exact) mass is 452 g/mol. The van der Waals surface area contributed by atoms with Crippen molar-refractivity contribution in [3.63, 3.8) is 0 Å². The lowest BCUT2D eigenvalue weighted by molar-refractivity contribution is -0.125. The summed E-state index contributed by atoms with van der Waals surface area (Å²) in [5.41, 5.74) is 4.85. The minimum Gasteiger partial charge on any atom is -0.325 e. The summed E-state index contributed by atoms with van der Waals surface area (Å²) >= 11 is 1.70. The fourth-order valence-electron chi connectivity index (χ4n) is 4.55. The van der Waals surface area contributed by atoms with Gasteiger partial charge >= 0.3 is 0 Å². The molecule has 2 aromatic carbocycles. The quantitative estimate of drug-likeness (QED) is 0.390. The summed E-state index contributed by atoms with van der Waals surface area (Å²) < 4.78 is 0. The third-order valence-corrected chi connectivity index (χ3v) is 7.06. The van der Waals surface area contributed by atoms with E-state index in [-0.39, 0.29) is 35.6 Å². The number of thioether (sulfide) groups is 1. The highest BCUT2D eigenvalue weighted by molar-refractivity contribution is 7.98. The van der Waals surface area contributed by atoms with Crippen molar-refractivity contribution in [1.82, 2.24) is 0 Å². The number of aryl methyl sites for hydroxylation is 1. The molecule has 2 aromatic rings. The summed E-state index contributed by atoms with van der Waals surface area (Å²) in [6.07, 6.45) is 3.70. The Labute approximate surface area is 197 Å². The van der Waals surface area contributed by atoms with Crippen LogP contribution in [0.25, 0.3) is 0 Å². The molecule has 1 N–H and O–H groups in total. The molecular weight excluding hydrogens is 416 g/mol. The minimum absolute atomic E-state index is 0.154. The molecule has 172 valence electrons. The van der Waals surface area contributed by atoms with Gasteiger partial charge in [0.05, 0.1) is 0 Å². The largest absolute Gasteiger partial charge is 0.325 e. The van der Waals surface area contributed by atoms with Crippen molar-refractivity contribution in [2.24, 2.45) is 0 Å². The Morgan fingerprint density at radius 3 is 2.25 bits per heavy atom. The van der Waals surface area contributed by atoms with Crippen LogP contribution in [0, 0.1) is 0 Å². The van der Waals surface area contributed by atoms with Crippen molar-refractivity contribution in [3.05, 3.63) is 53.1 Å². The Morgan fingerprint density at radius 2 is 1.69 bits per heavy atom. The molecule has 5 heteroatoms. The van der Waals surface area contributed by atoms with Crippen LogP contribution in [0.3, 0.4) is 0 Å². The topological polar surface area (TPSA) is 49.4 Å².